The molecule has 0 aromatic heterocycles. The lowest BCUT2D eigenvalue weighted by molar-refractivity contribution is -0.124. The van der Waals surface area contributed by atoms with Crippen LogP contribution in [0.4, 0.5) is 33.7 Å². The minimum absolute atomic E-state index is 0.0689. The van der Waals surface area contributed by atoms with Crippen LogP contribution in [0.1, 0.15) is 45.6 Å². The number of rotatable bonds is 5. The number of benzene rings is 1. The van der Waals surface area contributed by atoms with Crippen molar-refractivity contribution in [3.05, 3.63) is 41.2 Å². The minimum Gasteiger partial charge on any atom is -0.443 e. The number of carbonyl (C=O) groups excluding carboxylic acids is 3. The number of aliphatic imine (C=N–C) groups is 1. The van der Waals surface area contributed by atoms with E-state index in [2.05, 4.69) is 15.2 Å². The first kappa shape index (κ1) is 30.7. The molecular weight excluding hydrogens is 570 g/mol. The van der Waals surface area contributed by atoms with E-state index < -0.39 is 47.0 Å². The zero-order valence-corrected chi connectivity index (χ0v) is 24.5. The van der Waals surface area contributed by atoms with Crippen LogP contribution < -0.4 is 10.2 Å². The van der Waals surface area contributed by atoms with Gasteiger partial charge >= 0.3 is 12.3 Å². The van der Waals surface area contributed by atoms with Crippen LogP contribution in [-0.2, 0) is 14.3 Å². The van der Waals surface area contributed by atoms with Crippen LogP contribution in [0.5, 0.6) is 0 Å². The van der Waals surface area contributed by atoms with E-state index in [0.717, 1.165) is 19.3 Å². The molecule has 1 saturated heterocycles. The lowest BCUT2D eigenvalue weighted by atomic mass is 9.82. The van der Waals surface area contributed by atoms with Gasteiger partial charge in [0.1, 0.15) is 17.3 Å². The predicted octanol–water partition coefficient (Wildman–Crippen LogP) is 4.79. The average Bonchev–Trinajstić information content (AvgIpc) is 3.41. The van der Waals surface area contributed by atoms with Gasteiger partial charge < -0.3 is 19.9 Å². The number of nitrogens with one attached hydrogen (secondary N) is 1. The fraction of sp³-hybridized carbons (Fsp3) is 0.533. The molecule has 9 nitrogen and oxygen atoms in total. The topological polar surface area (TPSA) is 94.5 Å². The monoisotopic (exact) mass is 605 g/mol. The number of nitrogens with zero attached hydrogens (tertiary/aromatic N) is 4. The van der Waals surface area contributed by atoms with Crippen LogP contribution in [0.2, 0.25) is 0 Å². The molecule has 1 saturated carbocycles. The normalized spacial score (nSPS) is 25.7. The fourth-order valence-corrected chi connectivity index (χ4v) is 5.88. The van der Waals surface area contributed by atoms with E-state index in [4.69, 9.17) is 4.74 Å². The van der Waals surface area contributed by atoms with Crippen LogP contribution in [0.3, 0.4) is 0 Å². The summed E-state index contributed by atoms with van der Waals surface area (Å²) in [5, 5.41) is 2.57. The van der Waals surface area contributed by atoms with Gasteiger partial charge in [-0.25, -0.2) is 14.2 Å². The molecule has 3 heterocycles. The second kappa shape index (κ2) is 11.4. The van der Waals surface area contributed by atoms with E-state index in [1.165, 1.54) is 17.0 Å². The Balaban J connectivity index is 1.45. The van der Waals surface area contributed by atoms with Crippen molar-refractivity contribution in [2.24, 2.45) is 10.9 Å². The van der Waals surface area contributed by atoms with Crippen molar-refractivity contribution in [3.63, 3.8) is 0 Å². The van der Waals surface area contributed by atoms with Crippen LogP contribution in [-0.4, -0.2) is 91.0 Å². The number of dihydropyridines is 1. The summed E-state index contributed by atoms with van der Waals surface area (Å²) in [5.74, 6) is -4.63. The van der Waals surface area contributed by atoms with Gasteiger partial charge in [-0.15, -0.1) is 0 Å². The summed E-state index contributed by atoms with van der Waals surface area (Å²) in [5.41, 5.74) is -0.813. The summed E-state index contributed by atoms with van der Waals surface area (Å²) in [4.78, 5) is 46.6. The van der Waals surface area contributed by atoms with Gasteiger partial charge in [0.15, 0.2) is 0 Å². The molecule has 1 aromatic carbocycles. The third-order valence-electron chi connectivity index (χ3n) is 8.89. The molecule has 3 atom stereocenters. The highest BCUT2D eigenvalue weighted by molar-refractivity contribution is 6.11. The van der Waals surface area contributed by atoms with Gasteiger partial charge in [-0.05, 0) is 64.8 Å². The summed E-state index contributed by atoms with van der Waals surface area (Å²) in [6.07, 6.45) is -0.223. The Morgan fingerprint density at radius 3 is 2.42 bits per heavy atom. The first-order chi connectivity index (χ1) is 20.1. The molecule has 1 N–H and O–H groups in total. The van der Waals surface area contributed by atoms with Crippen molar-refractivity contribution >= 4 is 41.1 Å². The number of likely N-dealkylation sites (N-methyl/N-ethyl adjacent to an activating group) is 1. The van der Waals surface area contributed by atoms with Gasteiger partial charge in [0, 0.05) is 56.1 Å². The Labute approximate surface area is 247 Å². The first-order valence-electron chi connectivity index (χ1n) is 14.3. The SMILES string of the molecule is C[C@@H]1CN(c2cc(F)c(C3=CCN(C(=O)OC4(C)CCC4)C3)cc2NC(=O)C2C=NC(=O)C=C2C(F)(F)F)C[C@H](C)N1C. The molecule has 4 aliphatic rings. The number of amides is 3. The molecule has 2 fully saturated rings. The summed E-state index contributed by atoms with van der Waals surface area (Å²) in [7, 11) is 1.97. The summed E-state index contributed by atoms with van der Waals surface area (Å²) >= 11 is 0. The molecule has 43 heavy (non-hydrogen) atoms. The standard InChI is InChI=1S/C30H35F4N5O4/c1-17-14-39(15-18(2)37(17)4)25-12-23(31)20(19-6-9-38(16-19)28(42)43-29(3)7-5-8-29)10-24(25)36-27(41)21-13-35-26(40)11-22(21)30(32,33)34/h6,10-13,17-18,21H,5,7-9,14-16H2,1-4H3,(H,36,41)/t17-,18+,21?. The van der Waals surface area contributed by atoms with Crippen LogP contribution >= 0.6 is 0 Å². The van der Waals surface area contributed by atoms with Crippen LogP contribution in [0, 0.1) is 11.7 Å². The van der Waals surface area contributed by atoms with Crippen molar-refractivity contribution in [1.29, 1.82) is 0 Å². The van der Waals surface area contributed by atoms with E-state index in [1.54, 1.807) is 6.08 Å². The molecule has 232 valence electrons. The molecule has 5 rings (SSSR count). The zero-order chi connectivity index (χ0) is 31.3. The van der Waals surface area contributed by atoms with E-state index in [0.29, 0.717) is 36.6 Å². The molecule has 3 aliphatic heterocycles. The molecule has 1 aromatic rings. The number of alkyl halides is 3. The van der Waals surface area contributed by atoms with Gasteiger partial charge in [-0.2, -0.15) is 13.2 Å². The number of hydrogen-bond donors (Lipinski definition) is 1. The van der Waals surface area contributed by atoms with E-state index in [1.807, 2.05) is 32.7 Å². The number of ether oxygens (including phenoxy) is 1. The highest BCUT2D eigenvalue weighted by Crippen LogP contribution is 2.39. The summed E-state index contributed by atoms with van der Waals surface area (Å²) in [6, 6.07) is 2.81. The Morgan fingerprint density at radius 2 is 1.81 bits per heavy atom. The second-order valence-electron chi connectivity index (χ2n) is 12.1. The van der Waals surface area contributed by atoms with Gasteiger partial charge in [-0.1, -0.05) is 6.08 Å². The Morgan fingerprint density at radius 1 is 1.14 bits per heavy atom. The van der Waals surface area contributed by atoms with Gasteiger partial charge in [0.25, 0.3) is 5.91 Å². The van der Waals surface area contributed by atoms with E-state index in [9.17, 15) is 27.6 Å². The number of anilines is 2. The van der Waals surface area contributed by atoms with Crippen molar-refractivity contribution in [2.45, 2.75) is 63.9 Å². The van der Waals surface area contributed by atoms with E-state index in [-0.39, 0.29) is 36.4 Å². The molecular formula is C30H35F4N5O4. The second-order valence-corrected chi connectivity index (χ2v) is 12.1. The molecule has 0 spiro atoms. The number of halogens is 4. The van der Waals surface area contributed by atoms with Crippen LogP contribution in [0.15, 0.2) is 34.9 Å². The highest BCUT2D eigenvalue weighted by atomic mass is 19.4. The molecule has 13 heteroatoms. The minimum atomic E-state index is -4.94. The van der Waals surface area contributed by atoms with Crippen molar-refractivity contribution in [2.75, 3.05) is 43.4 Å². The quantitative estimate of drug-likeness (QED) is 0.486. The predicted molar refractivity (Wildman–Crippen MR) is 153 cm³/mol. The van der Waals surface area contributed by atoms with Crippen molar-refractivity contribution < 1.29 is 36.7 Å². The average molecular weight is 606 g/mol. The van der Waals surface area contributed by atoms with Crippen LogP contribution in [0.25, 0.3) is 5.57 Å². The lowest BCUT2D eigenvalue weighted by Gasteiger charge is -2.44. The third-order valence-corrected chi connectivity index (χ3v) is 8.89. The Hall–Kier alpha value is -3.74. The maximum Gasteiger partial charge on any atom is 0.414 e. The van der Waals surface area contributed by atoms with Crippen molar-refractivity contribution in [1.82, 2.24) is 9.80 Å². The molecule has 0 bridgehead atoms. The molecule has 1 aliphatic carbocycles. The molecule has 1 unspecified atom stereocenters. The Bertz CT molecular complexity index is 1410. The zero-order valence-electron chi connectivity index (χ0n) is 24.5. The number of hydrogen-bond acceptors (Lipinski definition) is 6. The summed E-state index contributed by atoms with van der Waals surface area (Å²) < 4.78 is 62.6. The fourth-order valence-electron chi connectivity index (χ4n) is 5.88. The Kier molecular flexibility index (Phi) is 8.14. The largest absolute Gasteiger partial charge is 0.443 e. The van der Waals surface area contributed by atoms with Gasteiger partial charge in [0.05, 0.1) is 16.9 Å². The molecule has 0 radical (unpaired) electrons. The number of carbonyl (C=O) groups is 3. The van der Waals surface area contributed by atoms with Gasteiger partial charge in [-0.3, -0.25) is 14.5 Å². The molecule has 3 amide bonds. The lowest BCUT2D eigenvalue weighted by Crippen LogP contribution is -2.55. The summed E-state index contributed by atoms with van der Waals surface area (Å²) in [6.45, 7) is 7.11. The third kappa shape index (κ3) is 6.31. The van der Waals surface area contributed by atoms with Crippen molar-refractivity contribution in [3.8, 4) is 0 Å². The number of piperazine rings is 1. The van der Waals surface area contributed by atoms with Gasteiger partial charge in [0.2, 0.25) is 5.91 Å². The highest BCUT2D eigenvalue weighted by Gasteiger charge is 2.43. The van der Waals surface area contributed by atoms with E-state index >= 15 is 4.39 Å². The smallest absolute Gasteiger partial charge is 0.414 e. The maximum absolute atomic E-state index is 15.8. The maximum atomic E-state index is 15.8. The first-order valence-corrected chi connectivity index (χ1v) is 14.3.